The average molecular weight is 492 g/mol. The summed E-state index contributed by atoms with van der Waals surface area (Å²) in [6.07, 6.45) is 3.73. The number of carbonyl (C=O) groups excluding carboxylic acids is 1. The molecule has 0 aliphatic carbocycles. The maximum Gasteiger partial charge on any atom is 0.335 e. The van der Waals surface area contributed by atoms with E-state index in [-0.39, 0.29) is 29.2 Å². The zero-order chi connectivity index (χ0) is 25.8. The molecule has 1 aliphatic rings. The minimum Gasteiger partial charge on any atom is -0.478 e. The second kappa shape index (κ2) is 10.3. The number of non-ortho nitro benzene ring substituents is 1. The van der Waals surface area contributed by atoms with E-state index in [4.69, 9.17) is 0 Å². The predicted octanol–water partition coefficient (Wildman–Crippen LogP) is 3.12. The Morgan fingerprint density at radius 3 is 2.47 bits per heavy atom. The highest BCUT2D eigenvalue weighted by Crippen LogP contribution is 2.35. The summed E-state index contributed by atoms with van der Waals surface area (Å²) < 4.78 is 3.12. The van der Waals surface area contributed by atoms with Gasteiger partial charge in [0, 0.05) is 43.3 Å². The molecule has 1 aliphatic heterocycles. The Labute approximate surface area is 206 Å². The fourth-order valence-corrected chi connectivity index (χ4v) is 4.38. The lowest BCUT2D eigenvalue weighted by Gasteiger charge is -2.37. The fourth-order valence-electron chi connectivity index (χ4n) is 4.38. The number of amides is 2. The zero-order valence-corrected chi connectivity index (χ0v) is 19.5. The molecule has 0 spiro atoms. The lowest BCUT2D eigenvalue weighted by molar-refractivity contribution is -0.384. The smallest absolute Gasteiger partial charge is 0.335 e. The van der Waals surface area contributed by atoms with Crippen LogP contribution in [0, 0.1) is 10.1 Å². The summed E-state index contributed by atoms with van der Waals surface area (Å²) in [6, 6.07) is 13.7. The molecule has 1 unspecified atom stereocenters. The van der Waals surface area contributed by atoms with Gasteiger partial charge in [0.1, 0.15) is 0 Å². The maximum atomic E-state index is 12.9. The molecule has 0 saturated heterocycles. The Morgan fingerprint density at radius 1 is 1.06 bits per heavy atom. The van der Waals surface area contributed by atoms with Crippen molar-refractivity contribution in [3.8, 4) is 0 Å². The van der Waals surface area contributed by atoms with E-state index in [0.29, 0.717) is 25.1 Å². The molecule has 0 radical (unpaired) electrons. The van der Waals surface area contributed by atoms with E-state index in [1.54, 1.807) is 23.0 Å². The van der Waals surface area contributed by atoms with Crippen LogP contribution in [0.4, 0.5) is 10.5 Å². The quantitative estimate of drug-likeness (QED) is 0.348. The average Bonchev–Trinajstić information content (AvgIpc) is 3.19. The number of aromatic nitrogens is 2. The molecule has 3 aromatic rings. The van der Waals surface area contributed by atoms with Crippen molar-refractivity contribution in [2.45, 2.75) is 32.5 Å². The van der Waals surface area contributed by atoms with Crippen molar-refractivity contribution in [2.24, 2.45) is 0 Å². The summed E-state index contributed by atoms with van der Waals surface area (Å²) in [7, 11) is 0. The standard InChI is InChI=1S/C25H25N5O6/c1-17-21(23(31)32)22(19-9-5-10-20(15-19)30(35)36)29(24(33)26-17)12-6-11-27-13-14-28(25(27)34)16-18-7-3-2-4-8-18/h2-5,7-10,13-15,22H,6,11-12,16H2,1H3,(H,26,33)(H,31,32). The summed E-state index contributed by atoms with van der Waals surface area (Å²) in [6.45, 7) is 2.34. The molecule has 2 N–H and O–H groups in total. The number of nitrogens with zero attached hydrogens (tertiary/aromatic N) is 4. The molecule has 2 heterocycles. The van der Waals surface area contributed by atoms with E-state index in [1.165, 1.54) is 34.6 Å². The Morgan fingerprint density at radius 2 is 1.78 bits per heavy atom. The van der Waals surface area contributed by atoms with Crippen molar-refractivity contribution in [1.29, 1.82) is 0 Å². The van der Waals surface area contributed by atoms with Crippen LogP contribution < -0.4 is 11.0 Å². The molecule has 36 heavy (non-hydrogen) atoms. The number of carboxylic acid groups (broad SMARTS) is 1. The number of carbonyl (C=O) groups is 2. The number of hydrogen-bond acceptors (Lipinski definition) is 5. The fraction of sp³-hybridized carbons (Fsp3) is 0.240. The SMILES string of the molecule is CC1=C(C(=O)O)C(c2cccc([N+](=O)[O-])c2)N(CCCn2ccn(Cc3ccccc3)c2=O)C(=O)N1. The Balaban J connectivity index is 1.55. The van der Waals surface area contributed by atoms with E-state index in [1.807, 2.05) is 30.3 Å². The third-order valence-electron chi connectivity index (χ3n) is 6.08. The summed E-state index contributed by atoms with van der Waals surface area (Å²) in [4.78, 5) is 49.8. The summed E-state index contributed by atoms with van der Waals surface area (Å²) in [5, 5.41) is 23.7. The van der Waals surface area contributed by atoms with Crippen LogP contribution in [0.5, 0.6) is 0 Å². The zero-order valence-electron chi connectivity index (χ0n) is 19.5. The lowest BCUT2D eigenvalue weighted by atomic mass is 9.93. The highest BCUT2D eigenvalue weighted by molar-refractivity contribution is 5.93. The first kappa shape index (κ1) is 24.5. The van der Waals surface area contributed by atoms with Gasteiger partial charge >= 0.3 is 17.7 Å². The number of rotatable bonds is 9. The highest BCUT2D eigenvalue weighted by Gasteiger charge is 2.38. The number of imidazole rings is 1. The molecule has 0 fully saturated rings. The monoisotopic (exact) mass is 491 g/mol. The van der Waals surface area contributed by atoms with Gasteiger partial charge in [-0.25, -0.2) is 14.4 Å². The normalized spacial score (nSPS) is 15.6. The first-order valence-electron chi connectivity index (χ1n) is 11.3. The van der Waals surface area contributed by atoms with Crippen LogP contribution >= 0.6 is 0 Å². The molecule has 11 nitrogen and oxygen atoms in total. The van der Waals surface area contributed by atoms with Gasteiger partial charge in [0.05, 0.1) is 23.1 Å². The van der Waals surface area contributed by atoms with Crippen molar-refractivity contribution in [1.82, 2.24) is 19.4 Å². The van der Waals surface area contributed by atoms with Crippen molar-refractivity contribution in [3.63, 3.8) is 0 Å². The van der Waals surface area contributed by atoms with E-state index in [2.05, 4.69) is 5.32 Å². The summed E-state index contributed by atoms with van der Waals surface area (Å²) in [5.74, 6) is -1.23. The topological polar surface area (TPSA) is 140 Å². The van der Waals surface area contributed by atoms with Crippen LogP contribution in [-0.2, 0) is 17.9 Å². The van der Waals surface area contributed by atoms with Gasteiger partial charge in [-0.15, -0.1) is 0 Å². The van der Waals surface area contributed by atoms with Crippen LogP contribution in [0.1, 0.15) is 30.5 Å². The number of carboxylic acids is 1. The van der Waals surface area contributed by atoms with E-state index in [0.717, 1.165) is 5.56 Å². The second-order valence-electron chi connectivity index (χ2n) is 8.46. The molecule has 2 aromatic carbocycles. The minimum absolute atomic E-state index is 0.0683. The van der Waals surface area contributed by atoms with Gasteiger partial charge in [-0.3, -0.25) is 19.2 Å². The molecule has 186 valence electrons. The molecule has 1 atom stereocenters. The van der Waals surface area contributed by atoms with Gasteiger partial charge in [-0.05, 0) is 24.5 Å². The Kier molecular flexibility index (Phi) is 7.00. The number of urea groups is 1. The van der Waals surface area contributed by atoms with Crippen molar-refractivity contribution >= 4 is 17.7 Å². The number of hydrogen-bond donors (Lipinski definition) is 2. The van der Waals surface area contributed by atoms with Crippen molar-refractivity contribution in [2.75, 3.05) is 6.54 Å². The molecule has 11 heteroatoms. The number of aliphatic carboxylic acids is 1. The van der Waals surface area contributed by atoms with Crippen LogP contribution in [0.2, 0.25) is 0 Å². The molecular weight excluding hydrogens is 466 g/mol. The van der Waals surface area contributed by atoms with Crippen molar-refractivity contribution < 1.29 is 19.6 Å². The molecular formula is C25H25N5O6. The van der Waals surface area contributed by atoms with E-state index in [9.17, 15) is 29.6 Å². The van der Waals surface area contributed by atoms with Gasteiger partial charge in [-0.1, -0.05) is 42.5 Å². The molecule has 4 rings (SSSR count). The third-order valence-corrected chi connectivity index (χ3v) is 6.08. The van der Waals surface area contributed by atoms with Crippen LogP contribution in [-0.4, -0.2) is 42.6 Å². The molecule has 0 bridgehead atoms. The van der Waals surface area contributed by atoms with Crippen LogP contribution in [0.3, 0.4) is 0 Å². The summed E-state index contributed by atoms with van der Waals surface area (Å²) >= 11 is 0. The largest absolute Gasteiger partial charge is 0.478 e. The number of benzene rings is 2. The Hall–Kier alpha value is -4.67. The number of aryl methyl sites for hydroxylation is 1. The van der Waals surface area contributed by atoms with Crippen LogP contribution in [0.15, 0.2) is 83.1 Å². The third kappa shape index (κ3) is 5.04. The van der Waals surface area contributed by atoms with E-state index >= 15 is 0 Å². The van der Waals surface area contributed by atoms with Gasteiger partial charge < -0.3 is 15.3 Å². The number of allylic oxidation sites excluding steroid dienone is 1. The van der Waals surface area contributed by atoms with Gasteiger partial charge in [0.2, 0.25) is 0 Å². The maximum absolute atomic E-state index is 12.9. The Bertz CT molecular complexity index is 1390. The number of nitro groups is 1. The van der Waals surface area contributed by atoms with E-state index < -0.39 is 23.0 Å². The van der Waals surface area contributed by atoms with Crippen molar-refractivity contribution in [3.05, 3.63) is 110 Å². The molecule has 0 saturated carbocycles. The van der Waals surface area contributed by atoms with Gasteiger partial charge in [-0.2, -0.15) is 0 Å². The van der Waals surface area contributed by atoms with Gasteiger partial charge in [0.25, 0.3) is 5.69 Å². The predicted molar refractivity (Wildman–Crippen MR) is 130 cm³/mol. The molecule has 1 aromatic heterocycles. The second-order valence-corrected chi connectivity index (χ2v) is 8.46. The number of nitro benzene ring substituents is 1. The first-order valence-corrected chi connectivity index (χ1v) is 11.3. The lowest BCUT2D eigenvalue weighted by Crippen LogP contribution is -2.49. The summed E-state index contributed by atoms with van der Waals surface area (Å²) in [5.41, 5.74) is 1.02. The first-order chi connectivity index (χ1) is 17.3. The minimum atomic E-state index is -1.23. The molecule has 2 amide bonds. The highest BCUT2D eigenvalue weighted by atomic mass is 16.6. The van der Waals surface area contributed by atoms with Gasteiger partial charge in [0.15, 0.2) is 0 Å². The number of nitrogens with one attached hydrogen (secondary N) is 1. The van der Waals surface area contributed by atoms with Crippen LogP contribution in [0.25, 0.3) is 0 Å².